The summed E-state index contributed by atoms with van der Waals surface area (Å²) in [6.07, 6.45) is 0.756. The van der Waals surface area contributed by atoms with E-state index in [1.165, 1.54) is 11.3 Å². The number of thiazole rings is 1. The number of halogens is 1. The molecule has 2 aromatic carbocycles. The Morgan fingerprint density at radius 3 is 2.81 bits per heavy atom. The third-order valence-corrected chi connectivity index (χ3v) is 6.13. The van der Waals surface area contributed by atoms with Gasteiger partial charge in [0, 0.05) is 22.5 Å². The SMILES string of the molecule is CCc1sc(NC(=O)COc2ccc(Cl)cc2)nc1-c1ccc2c(c1)N(C)C(=O)CO2. The monoisotopic (exact) mass is 457 g/mol. The van der Waals surface area contributed by atoms with Gasteiger partial charge in [-0.25, -0.2) is 4.98 Å². The van der Waals surface area contributed by atoms with Crippen molar-refractivity contribution in [2.45, 2.75) is 13.3 Å². The Balaban J connectivity index is 1.50. The number of carbonyl (C=O) groups excluding carboxylic acids is 2. The van der Waals surface area contributed by atoms with Gasteiger partial charge in [-0.05, 0) is 48.9 Å². The van der Waals surface area contributed by atoms with E-state index in [1.807, 2.05) is 25.1 Å². The maximum Gasteiger partial charge on any atom is 0.264 e. The maximum atomic E-state index is 12.3. The average molecular weight is 458 g/mol. The highest BCUT2D eigenvalue weighted by Gasteiger charge is 2.24. The number of rotatable bonds is 6. The molecule has 4 rings (SSSR count). The summed E-state index contributed by atoms with van der Waals surface area (Å²) in [5, 5.41) is 3.89. The summed E-state index contributed by atoms with van der Waals surface area (Å²) in [4.78, 5) is 31.5. The summed E-state index contributed by atoms with van der Waals surface area (Å²) in [6.45, 7) is 1.93. The van der Waals surface area contributed by atoms with Crippen LogP contribution in [-0.2, 0) is 16.0 Å². The van der Waals surface area contributed by atoms with Crippen LogP contribution in [0.5, 0.6) is 11.5 Å². The number of aromatic nitrogens is 1. The lowest BCUT2D eigenvalue weighted by Gasteiger charge is -2.26. The summed E-state index contributed by atoms with van der Waals surface area (Å²) in [5.41, 5.74) is 2.33. The van der Waals surface area contributed by atoms with Crippen molar-refractivity contribution in [3.05, 3.63) is 52.4 Å². The minimum atomic E-state index is -0.304. The van der Waals surface area contributed by atoms with Crippen LogP contribution in [0.4, 0.5) is 10.8 Å². The minimum absolute atomic E-state index is 0.0357. The van der Waals surface area contributed by atoms with Crippen LogP contribution < -0.4 is 19.7 Å². The smallest absolute Gasteiger partial charge is 0.264 e. The number of carbonyl (C=O) groups is 2. The molecular formula is C22H20ClN3O4S. The molecule has 1 aromatic heterocycles. The van der Waals surface area contributed by atoms with E-state index < -0.39 is 0 Å². The molecule has 3 aromatic rings. The number of ether oxygens (including phenoxy) is 2. The molecule has 0 aliphatic carbocycles. The zero-order valence-corrected chi connectivity index (χ0v) is 18.5. The summed E-state index contributed by atoms with van der Waals surface area (Å²) in [6, 6.07) is 12.4. The normalized spacial score (nSPS) is 12.9. The molecule has 1 N–H and O–H groups in total. The fraction of sp³-hybridized carbons (Fsp3) is 0.227. The van der Waals surface area contributed by atoms with Crippen LogP contribution >= 0.6 is 22.9 Å². The second-order valence-corrected chi connectivity index (χ2v) is 8.38. The average Bonchev–Trinajstić information content (AvgIpc) is 3.18. The molecule has 0 saturated carbocycles. The molecule has 1 aliphatic heterocycles. The van der Waals surface area contributed by atoms with E-state index in [4.69, 9.17) is 21.1 Å². The van der Waals surface area contributed by atoms with Crippen molar-refractivity contribution in [1.29, 1.82) is 0 Å². The highest BCUT2D eigenvalue weighted by Crippen LogP contribution is 2.38. The van der Waals surface area contributed by atoms with Crippen molar-refractivity contribution in [1.82, 2.24) is 4.98 Å². The first kappa shape index (κ1) is 21.1. The minimum Gasteiger partial charge on any atom is -0.484 e. The van der Waals surface area contributed by atoms with Crippen LogP contribution in [0.2, 0.25) is 5.02 Å². The summed E-state index contributed by atoms with van der Waals surface area (Å²) in [7, 11) is 1.72. The number of benzene rings is 2. The molecule has 31 heavy (non-hydrogen) atoms. The molecule has 0 spiro atoms. The lowest BCUT2D eigenvalue weighted by Crippen LogP contribution is -2.35. The summed E-state index contributed by atoms with van der Waals surface area (Å²) < 4.78 is 11.0. The topological polar surface area (TPSA) is 80.8 Å². The number of hydrogen-bond donors (Lipinski definition) is 1. The fourth-order valence-corrected chi connectivity index (χ4v) is 4.19. The van der Waals surface area contributed by atoms with Crippen molar-refractivity contribution < 1.29 is 19.1 Å². The van der Waals surface area contributed by atoms with Crippen molar-refractivity contribution in [2.24, 2.45) is 0 Å². The molecule has 2 heterocycles. The summed E-state index contributed by atoms with van der Waals surface area (Å²) in [5.74, 6) is 0.810. The first-order valence-corrected chi connectivity index (χ1v) is 10.9. The number of hydrogen-bond acceptors (Lipinski definition) is 6. The highest BCUT2D eigenvalue weighted by atomic mass is 35.5. The van der Waals surface area contributed by atoms with Crippen LogP contribution in [0.1, 0.15) is 11.8 Å². The standard InChI is InChI=1S/C22H20ClN3O4S/c1-3-18-21(13-4-9-17-16(10-13)26(2)20(28)12-30-17)25-22(31-18)24-19(27)11-29-15-7-5-14(23)6-8-15/h4-10H,3,11-12H2,1-2H3,(H,24,25,27). The number of aryl methyl sites for hydroxylation is 1. The van der Waals surface area contributed by atoms with Gasteiger partial charge in [0.1, 0.15) is 11.5 Å². The fourth-order valence-electron chi connectivity index (χ4n) is 3.12. The Bertz CT molecular complexity index is 1130. The van der Waals surface area contributed by atoms with Gasteiger partial charge in [0.2, 0.25) is 0 Å². The van der Waals surface area contributed by atoms with Crippen LogP contribution in [0.25, 0.3) is 11.3 Å². The Labute approximate surface area is 188 Å². The van der Waals surface area contributed by atoms with E-state index >= 15 is 0 Å². The van der Waals surface area contributed by atoms with E-state index in [9.17, 15) is 9.59 Å². The molecule has 9 heteroatoms. The first-order chi connectivity index (χ1) is 14.9. The maximum absolute atomic E-state index is 12.3. The second-order valence-electron chi connectivity index (χ2n) is 6.86. The molecule has 0 bridgehead atoms. The Morgan fingerprint density at radius 1 is 1.29 bits per heavy atom. The van der Waals surface area contributed by atoms with Gasteiger partial charge in [0.05, 0.1) is 11.4 Å². The first-order valence-electron chi connectivity index (χ1n) is 9.66. The Hall–Kier alpha value is -3.10. The lowest BCUT2D eigenvalue weighted by molar-refractivity contribution is -0.121. The van der Waals surface area contributed by atoms with Gasteiger partial charge in [0.25, 0.3) is 11.8 Å². The number of amides is 2. The number of fused-ring (bicyclic) bond motifs is 1. The molecule has 0 unspecified atom stereocenters. The molecule has 0 saturated heterocycles. The van der Waals surface area contributed by atoms with Gasteiger partial charge in [-0.1, -0.05) is 18.5 Å². The largest absolute Gasteiger partial charge is 0.484 e. The second kappa shape index (κ2) is 8.95. The van der Waals surface area contributed by atoms with Crippen molar-refractivity contribution in [3.8, 4) is 22.8 Å². The third-order valence-electron chi connectivity index (χ3n) is 4.77. The van der Waals surface area contributed by atoms with Crippen LogP contribution in [0.3, 0.4) is 0 Å². The lowest BCUT2D eigenvalue weighted by atomic mass is 10.1. The van der Waals surface area contributed by atoms with Gasteiger partial charge in [-0.2, -0.15) is 0 Å². The Morgan fingerprint density at radius 2 is 2.06 bits per heavy atom. The predicted molar refractivity (Wildman–Crippen MR) is 121 cm³/mol. The molecular weight excluding hydrogens is 438 g/mol. The van der Waals surface area contributed by atoms with Crippen molar-refractivity contribution >= 4 is 45.6 Å². The van der Waals surface area contributed by atoms with Gasteiger partial charge in [-0.3, -0.25) is 14.9 Å². The molecule has 160 valence electrons. The Kier molecular flexibility index (Phi) is 6.11. The van der Waals surface area contributed by atoms with E-state index in [0.717, 1.165) is 22.6 Å². The van der Waals surface area contributed by atoms with Gasteiger partial charge in [0.15, 0.2) is 18.3 Å². The van der Waals surface area contributed by atoms with Crippen molar-refractivity contribution in [2.75, 3.05) is 30.5 Å². The molecule has 1 aliphatic rings. The zero-order valence-electron chi connectivity index (χ0n) is 17.0. The van der Waals surface area contributed by atoms with Gasteiger partial charge in [-0.15, -0.1) is 11.3 Å². The molecule has 2 amide bonds. The quantitative estimate of drug-likeness (QED) is 0.593. The number of nitrogens with zero attached hydrogens (tertiary/aromatic N) is 2. The van der Waals surface area contributed by atoms with Crippen LogP contribution in [-0.4, -0.2) is 37.1 Å². The number of nitrogens with one attached hydrogen (secondary N) is 1. The molecule has 0 fully saturated rings. The zero-order chi connectivity index (χ0) is 22.0. The third kappa shape index (κ3) is 4.65. The van der Waals surface area contributed by atoms with E-state index in [1.54, 1.807) is 36.2 Å². The van der Waals surface area contributed by atoms with Gasteiger partial charge >= 0.3 is 0 Å². The van der Waals surface area contributed by atoms with E-state index in [2.05, 4.69) is 10.3 Å². The van der Waals surface area contributed by atoms with Crippen LogP contribution in [0, 0.1) is 0 Å². The summed E-state index contributed by atoms with van der Waals surface area (Å²) >= 11 is 7.27. The highest BCUT2D eigenvalue weighted by molar-refractivity contribution is 7.16. The van der Waals surface area contributed by atoms with E-state index in [0.29, 0.717) is 27.3 Å². The van der Waals surface area contributed by atoms with Crippen molar-refractivity contribution in [3.63, 3.8) is 0 Å². The molecule has 7 nitrogen and oxygen atoms in total. The molecule has 0 atom stereocenters. The van der Waals surface area contributed by atoms with E-state index in [-0.39, 0.29) is 25.0 Å². The number of likely N-dealkylation sites (N-methyl/N-ethyl adjacent to an activating group) is 1. The predicted octanol–water partition coefficient (Wildman–Crippen LogP) is 4.40. The molecule has 0 radical (unpaired) electrons. The van der Waals surface area contributed by atoms with Gasteiger partial charge < -0.3 is 14.4 Å². The number of anilines is 2. The van der Waals surface area contributed by atoms with Crippen LogP contribution in [0.15, 0.2) is 42.5 Å².